The van der Waals surface area contributed by atoms with Gasteiger partial charge in [0.1, 0.15) is 17.2 Å². The molecule has 1 heterocycles. The molecule has 2 aromatic rings. The minimum absolute atomic E-state index is 0.392. The number of unbranched alkanes of at least 4 members (excludes halogenated alkanes) is 2. The third-order valence-electron chi connectivity index (χ3n) is 4.29. The van der Waals surface area contributed by atoms with Crippen LogP contribution < -0.4 is 14.2 Å². The lowest BCUT2D eigenvalue weighted by Crippen LogP contribution is -2.08. The van der Waals surface area contributed by atoms with Gasteiger partial charge in [0.25, 0.3) is 0 Å². The summed E-state index contributed by atoms with van der Waals surface area (Å²) in [4.78, 5) is 14.6. The van der Waals surface area contributed by atoms with Crippen molar-refractivity contribution >= 4 is 5.97 Å². The average Bonchev–Trinajstić information content (AvgIpc) is 3.50. The molecule has 1 aliphatic heterocycles. The number of esters is 1. The van der Waals surface area contributed by atoms with Crippen LogP contribution >= 0.6 is 0 Å². The fraction of sp³-hybridized carbons (Fsp3) is 0.381. The summed E-state index contributed by atoms with van der Waals surface area (Å²) in [7, 11) is 1.59. The summed E-state index contributed by atoms with van der Waals surface area (Å²) >= 11 is 0. The highest BCUT2D eigenvalue weighted by molar-refractivity contribution is 5.91. The maximum atomic E-state index is 12.2. The zero-order chi connectivity index (χ0) is 18.2. The lowest BCUT2D eigenvalue weighted by Gasteiger charge is -2.08. The maximum Gasteiger partial charge on any atom is 0.343 e. The molecular weight excluding hydrogens is 330 g/mol. The summed E-state index contributed by atoms with van der Waals surface area (Å²) in [6.07, 6.45) is 3.47. The van der Waals surface area contributed by atoms with Crippen LogP contribution in [0.25, 0.3) is 0 Å². The van der Waals surface area contributed by atoms with Gasteiger partial charge in [0.15, 0.2) is 0 Å². The van der Waals surface area contributed by atoms with Gasteiger partial charge in [-0.3, -0.25) is 0 Å². The fourth-order valence-electron chi connectivity index (χ4n) is 2.60. The molecule has 0 aliphatic carbocycles. The van der Waals surface area contributed by atoms with Crippen molar-refractivity contribution in [2.75, 3.05) is 33.4 Å². The molecule has 1 saturated heterocycles. The third-order valence-corrected chi connectivity index (χ3v) is 4.29. The van der Waals surface area contributed by atoms with Crippen LogP contribution in [0.2, 0.25) is 0 Å². The van der Waals surface area contributed by atoms with Gasteiger partial charge in [-0.2, -0.15) is 0 Å². The van der Waals surface area contributed by atoms with Crippen LogP contribution in [0.1, 0.15) is 29.6 Å². The summed E-state index contributed by atoms with van der Waals surface area (Å²) in [6, 6.07) is 14.0. The molecule has 3 rings (SSSR count). The first-order valence-electron chi connectivity index (χ1n) is 9.06. The van der Waals surface area contributed by atoms with Gasteiger partial charge in [0, 0.05) is 13.1 Å². The Bertz CT molecular complexity index is 693. The molecule has 5 nitrogen and oxygen atoms in total. The minimum atomic E-state index is -0.392. The number of nitrogens with zero attached hydrogens (tertiary/aromatic N) is 1. The molecule has 0 bridgehead atoms. The fourth-order valence-corrected chi connectivity index (χ4v) is 2.60. The van der Waals surface area contributed by atoms with Crippen LogP contribution in [-0.4, -0.2) is 44.2 Å². The highest BCUT2D eigenvalue weighted by Gasteiger charge is 2.15. The first-order valence-corrected chi connectivity index (χ1v) is 9.06. The summed E-state index contributed by atoms with van der Waals surface area (Å²) < 4.78 is 16.2. The lowest BCUT2D eigenvalue weighted by molar-refractivity contribution is 0.0734. The van der Waals surface area contributed by atoms with Crippen molar-refractivity contribution in [2.45, 2.75) is 19.3 Å². The molecule has 2 aromatic carbocycles. The Morgan fingerprint density at radius 1 is 0.885 bits per heavy atom. The SMILES string of the molecule is COc1ccc(OC(=O)c2ccc(OCCCCCN3CC3)cc2)cc1. The molecule has 0 amide bonds. The predicted molar refractivity (Wildman–Crippen MR) is 100 cm³/mol. The topological polar surface area (TPSA) is 47.8 Å². The molecule has 0 radical (unpaired) electrons. The van der Waals surface area contributed by atoms with Crippen molar-refractivity contribution in [3.05, 3.63) is 54.1 Å². The smallest absolute Gasteiger partial charge is 0.343 e. The molecule has 1 fully saturated rings. The third kappa shape index (κ3) is 5.77. The van der Waals surface area contributed by atoms with Crippen molar-refractivity contribution in [1.29, 1.82) is 0 Å². The van der Waals surface area contributed by atoms with E-state index in [2.05, 4.69) is 4.90 Å². The molecular formula is C21H25NO4. The van der Waals surface area contributed by atoms with E-state index in [4.69, 9.17) is 14.2 Å². The normalized spacial score (nSPS) is 13.3. The molecule has 0 unspecified atom stereocenters. The van der Waals surface area contributed by atoms with Crippen molar-refractivity contribution in [3.63, 3.8) is 0 Å². The second kappa shape index (κ2) is 9.25. The Labute approximate surface area is 154 Å². The highest BCUT2D eigenvalue weighted by atomic mass is 16.5. The van der Waals surface area contributed by atoms with Crippen molar-refractivity contribution in [1.82, 2.24) is 4.90 Å². The van der Waals surface area contributed by atoms with Crippen LogP contribution in [-0.2, 0) is 0 Å². The summed E-state index contributed by atoms with van der Waals surface area (Å²) in [6.45, 7) is 4.45. The number of carbonyl (C=O) groups excluding carboxylic acids is 1. The second-order valence-corrected chi connectivity index (χ2v) is 6.34. The predicted octanol–water partition coefficient (Wildman–Crippen LogP) is 3.78. The van der Waals surface area contributed by atoms with Gasteiger partial charge >= 0.3 is 5.97 Å². The van der Waals surface area contributed by atoms with E-state index in [1.165, 1.54) is 32.5 Å². The second-order valence-electron chi connectivity index (χ2n) is 6.34. The monoisotopic (exact) mass is 355 g/mol. The van der Waals surface area contributed by atoms with E-state index in [9.17, 15) is 4.79 Å². The van der Waals surface area contributed by atoms with Crippen LogP contribution in [0, 0.1) is 0 Å². The quantitative estimate of drug-likeness (QED) is 0.281. The van der Waals surface area contributed by atoms with Gasteiger partial charge in [-0.1, -0.05) is 0 Å². The van der Waals surface area contributed by atoms with Crippen molar-refractivity contribution < 1.29 is 19.0 Å². The number of methoxy groups -OCH3 is 1. The number of rotatable bonds is 10. The van der Waals surface area contributed by atoms with E-state index in [1.807, 2.05) is 0 Å². The van der Waals surface area contributed by atoms with Gasteiger partial charge in [-0.05, 0) is 74.3 Å². The molecule has 1 aliphatic rings. The Morgan fingerprint density at radius 2 is 1.54 bits per heavy atom. The van der Waals surface area contributed by atoms with Crippen molar-refractivity contribution in [2.24, 2.45) is 0 Å². The molecule has 0 atom stereocenters. The molecule has 26 heavy (non-hydrogen) atoms. The number of hydrogen-bond donors (Lipinski definition) is 0. The number of ether oxygens (including phenoxy) is 3. The summed E-state index contributed by atoms with van der Waals surface area (Å²) in [5.74, 6) is 1.59. The molecule has 5 heteroatoms. The van der Waals surface area contributed by atoms with Crippen LogP contribution in [0.3, 0.4) is 0 Å². The zero-order valence-corrected chi connectivity index (χ0v) is 15.1. The summed E-state index contributed by atoms with van der Waals surface area (Å²) in [5.41, 5.74) is 0.492. The van der Waals surface area contributed by atoms with E-state index in [0.29, 0.717) is 17.9 Å². The Hall–Kier alpha value is -2.53. The first kappa shape index (κ1) is 18.3. The van der Waals surface area contributed by atoms with Gasteiger partial charge in [-0.15, -0.1) is 0 Å². The molecule has 0 saturated carbocycles. The van der Waals surface area contributed by atoms with Crippen LogP contribution in [0.5, 0.6) is 17.2 Å². The Kier molecular flexibility index (Phi) is 6.50. The van der Waals surface area contributed by atoms with Crippen LogP contribution in [0.4, 0.5) is 0 Å². The molecule has 0 N–H and O–H groups in total. The number of carbonyl (C=O) groups is 1. The Morgan fingerprint density at radius 3 is 2.19 bits per heavy atom. The van der Waals surface area contributed by atoms with E-state index < -0.39 is 5.97 Å². The van der Waals surface area contributed by atoms with E-state index in [0.717, 1.165) is 17.9 Å². The van der Waals surface area contributed by atoms with Gasteiger partial charge < -0.3 is 19.1 Å². The molecule has 138 valence electrons. The van der Waals surface area contributed by atoms with Gasteiger partial charge in [0.05, 0.1) is 19.3 Å². The van der Waals surface area contributed by atoms with Gasteiger partial charge in [0.2, 0.25) is 0 Å². The van der Waals surface area contributed by atoms with E-state index in [-0.39, 0.29) is 0 Å². The van der Waals surface area contributed by atoms with Gasteiger partial charge in [-0.25, -0.2) is 4.79 Å². The highest BCUT2D eigenvalue weighted by Crippen LogP contribution is 2.19. The average molecular weight is 355 g/mol. The van der Waals surface area contributed by atoms with Crippen molar-refractivity contribution in [3.8, 4) is 17.2 Å². The summed E-state index contributed by atoms with van der Waals surface area (Å²) in [5, 5.41) is 0. The standard InChI is InChI=1S/C21H25NO4/c1-24-18-9-11-20(12-10-18)26-21(23)17-5-7-19(8-6-17)25-16-4-2-3-13-22-14-15-22/h5-12H,2-4,13-16H2,1H3. The number of benzene rings is 2. The van der Waals surface area contributed by atoms with E-state index in [1.54, 1.807) is 55.6 Å². The molecule has 0 aromatic heterocycles. The largest absolute Gasteiger partial charge is 0.497 e. The van der Waals surface area contributed by atoms with E-state index >= 15 is 0 Å². The lowest BCUT2D eigenvalue weighted by atomic mass is 10.2. The Balaban J connectivity index is 1.40. The van der Waals surface area contributed by atoms with Crippen LogP contribution in [0.15, 0.2) is 48.5 Å². The maximum absolute atomic E-state index is 12.2. The minimum Gasteiger partial charge on any atom is -0.497 e. The number of hydrogen-bond acceptors (Lipinski definition) is 5. The zero-order valence-electron chi connectivity index (χ0n) is 15.1. The molecule has 0 spiro atoms. The first-order chi connectivity index (χ1) is 12.7.